The van der Waals surface area contributed by atoms with Gasteiger partial charge in [-0.05, 0) is 18.6 Å². The summed E-state index contributed by atoms with van der Waals surface area (Å²) in [5, 5.41) is 8.49. The van der Waals surface area contributed by atoms with E-state index in [0.717, 1.165) is 18.7 Å². The number of ether oxygens (including phenoxy) is 1. The second-order valence-corrected chi connectivity index (χ2v) is 3.69. The number of carbonyl (C=O) groups excluding carboxylic acids is 1. The lowest BCUT2D eigenvalue weighted by Gasteiger charge is -2.21. The predicted molar refractivity (Wildman–Crippen MR) is 65.9 cm³/mol. The van der Waals surface area contributed by atoms with E-state index in [1.807, 2.05) is 24.1 Å². The van der Waals surface area contributed by atoms with Gasteiger partial charge < -0.3 is 9.64 Å². The Hall–Kier alpha value is -2.02. The van der Waals surface area contributed by atoms with Crippen LogP contribution in [0.25, 0.3) is 0 Å². The Labute approximate surface area is 101 Å². The average Bonchev–Trinajstić information content (AvgIpc) is 2.38. The van der Waals surface area contributed by atoms with E-state index in [9.17, 15) is 4.79 Å². The molecule has 0 aromatic heterocycles. The molecule has 0 aliphatic carbocycles. The molecule has 0 spiro atoms. The average molecular weight is 232 g/mol. The Morgan fingerprint density at radius 3 is 2.82 bits per heavy atom. The molecule has 1 aromatic carbocycles. The van der Waals surface area contributed by atoms with Gasteiger partial charge in [-0.3, -0.25) is 0 Å². The summed E-state index contributed by atoms with van der Waals surface area (Å²) >= 11 is 0. The second kappa shape index (κ2) is 6.54. The van der Waals surface area contributed by atoms with E-state index in [1.165, 1.54) is 7.11 Å². The summed E-state index contributed by atoms with van der Waals surface area (Å²) in [5.41, 5.74) is 1.38. The highest BCUT2D eigenvalue weighted by Gasteiger charge is 2.13. The van der Waals surface area contributed by atoms with Gasteiger partial charge in [-0.1, -0.05) is 12.1 Å². The fourth-order valence-electron chi connectivity index (χ4n) is 1.60. The van der Waals surface area contributed by atoms with Crippen LogP contribution >= 0.6 is 0 Å². The zero-order chi connectivity index (χ0) is 12.7. The number of hydrogen-bond donors (Lipinski definition) is 0. The third-order valence-electron chi connectivity index (χ3n) is 2.50. The van der Waals surface area contributed by atoms with E-state index in [-0.39, 0.29) is 5.97 Å². The van der Waals surface area contributed by atoms with Gasteiger partial charge in [-0.2, -0.15) is 5.26 Å². The Bertz CT molecular complexity index is 424. The van der Waals surface area contributed by atoms with E-state index in [0.29, 0.717) is 12.0 Å². The van der Waals surface area contributed by atoms with Crippen molar-refractivity contribution in [1.29, 1.82) is 5.26 Å². The van der Waals surface area contributed by atoms with Crippen molar-refractivity contribution in [2.45, 2.75) is 12.8 Å². The van der Waals surface area contributed by atoms with E-state index in [1.54, 1.807) is 12.1 Å². The van der Waals surface area contributed by atoms with E-state index in [4.69, 9.17) is 10.00 Å². The number of methoxy groups -OCH3 is 1. The van der Waals surface area contributed by atoms with Crippen LogP contribution < -0.4 is 4.90 Å². The highest BCUT2D eigenvalue weighted by Crippen LogP contribution is 2.20. The SMILES string of the molecule is COC(=O)c1ccccc1N(C)CCCC#N. The number of anilines is 1. The highest BCUT2D eigenvalue weighted by molar-refractivity contribution is 5.95. The molecule has 1 rings (SSSR count). The minimum Gasteiger partial charge on any atom is -0.465 e. The summed E-state index contributed by atoms with van der Waals surface area (Å²) in [7, 11) is 3.27. The quantitative estimate of drug-likeness (QED) is 0.577. The molecular weight excluding hydrogens is 216 g/mol. The molecule has 0 aliphatic heterocycles. The lowest BCUT2D eigenvalue weighted by Crippen LogP contribution is -2.21. The number of carbonyl (C=O) groups is 1. The summed E-state index contributed by atoms with van der Waals surface area (Å²) < 4.78 is 4.73. The van der Waals surface area contributed by atoms with Gasteiger partial charge >= 0.3 is 5.97 Å². The maximum absolute atomic E-state index is 11.6. The molecule has 0 saturated carbocycles. The van der Waals surface area contributed by atoms with Gasteiger partial charge in [0, 0.05) is 20.0 Å². The van der Waals surface area contributed by atoms with Gasteiger partial charge in [0.05, 0.1) is 24.4 Å². The molecule has 1 aromatic rings. The topological polar surface area (TPSA) is 53.3 Å². The summed E-state index contributed by atoms with van der Waals surface area (Å²) in [6.07, 6.45) is 1.30. The molecule has 0 saturated heterocycles. The van der Waals surface area contributed by atoms with Crippen LogP contribution in [0.3, 0.4) is 0 Å². The first-order valence-corrected chi connectivity index (χ1v) is 5.46. The van der Waals surface area contributed by atoms with Gasteiger partial charge in [0.15, 0.2) is 0 Å². The molecular formula is C13H16N2O2. The Kier molecular flexibility index (Phi) is 5.02. The molecule has 0 atom stereocenters. The van der Waals surface area contributed by atoms with Crippen molar-refractivity contribution in [2.24, 2.45) is 0 Å². The number of nitriles is 1. The number of esters is 1. The van der Waals surface area contributed by atoms with Crippen LogP contribution in [0.2, 0.25) is 0 Å². The number of para-hydroxylation sites is 1. The van der Waals surface area contributed by atoms with Crippen LogP contribution in [0.5, 0.6) is 0 Å². The maximum Gasteiger partial charge on any atom is 0.339 e. The van der Waals surface area contributed by atoms with Crippen molar-refractivity contribution >= 4 is 11.7 Å². The van der Waals surface area contributed by atoms with Gasteiger partial charge in [0.1, 0.15) is 0 Å². The number of nitrogens with zero attached hydrogens (tertiary/aromatic N) is 2. The van der Waals surface area contributed by atoms with Crippen LogP contribution in [0, 0.1) is 11.3 Å². The van der Waals surface area contributed by atoms with Gasteiger partial charge in [0.2, 0.25) is 0 Å². The number of unbranched alkanes of at least 4 members (excludes halogenated alkanes) is 1. The molecule has 0 aliphatic rings. The van der Waals surface area contributed by atoms with Crippen LogP contribution in [-0.2, 0) is 4.74 Å². The molecule has 4 heteroatoms. The third-order valence-corrected chi connectivity index (χ3v) is 2.50. The van der Waals surface area contributed by atoms with Crippen molar-refractivity contribution in [3.8, 4) is 6.07 Å². The molecule has 17 heavy (non-hydrogen) atoms. The molecule has 0 fully saturated rings. The maximum atomic E-state index is 11.6. The van der Waals surface area contributed by atoms with Crippen molar-refractivity contribution in [2.75, 3.05) is 25.6 Å². The normalized spacial score (nSPS) is 9.47. The molecule has 90 valence electrons. The zero-order valence-electron chi connectivity index (χ0n) is 10.1. The fourth-order valence-corrected chi connectivity index (χ4v) is 1.60. The lowest BCUT2D eigenvalue weighted by atomic mass is 10.1. The van der Waals surface area contributed by atoms with Gasteiger partial charge in [-0.15, -0.1) is 0 Å². The Balaban J connectivity index is 2.82. The first-order valence-electron chi connectivity index (χ1n) is 5.46. The minimum atomic E-state index is -0.340. The summed E-state index contributed by atoms with van der Waals surface area (Å²) in [6, 6.07) is 9.40. The van der Waals surface area contributed by atoms with Crippen molar-refractivity contribution < 1.29 is 9.53 Å². The van der Waals surface area contributed by atoms with E-state index < -0.39 is 0 Å². The largest absolute Gasteiger partial charge is 0.465 e. The van der Waals surface area contributed by atoms with Crippen LogP contribution in [0.4, 0.5) is 5.69 Å². The van der Waals surface area contributed by atoms with E-state index >= 15 is 0 Å². The van der Waals surface area contributed by atoms with Crippen LogP contribution in [0.1, 0.15) is 23.2 Å². The zero-order valence-corrected chi connectivity index (χ0v) is 10.1. The van der Waals surface area contributed by atoms with Crippen LogP contribution in [-0.4, -0.2) is 26.7 Å². The van der Waals surface area contributed by atoms with Gasteiger partial charge in [-0.25, -0.2) is 4.79 Å². The van der Waals surface area contributed by atoms with Crippen molar-refractivity contribution in [1.82, 2.24) is 0 Å². The summed E-state index contributed by atoms with van der Waals surface area (Å²) in [6.45, 7) is 0.738. The number of hydrogen-bond acceptors (Lipinski definition) is 4. The van der Waals surface area contributed by atoms with E-state index in [2.05, 4.69) is 6.07 Å². The first kappa shape index (κ1) is 13.0. The Morgan fingerprint density at radius 2 is 2.18 bits per heavy atom. The summed E-state index contributed by atoms with van der Waals surface area (Å²) in [5.74, 6) is -0.340. The van der Waals surface area contributed by atoms with Crippen molar-refractivity contribution in [3.05, 3.63) is 29.8 Å². The third kappa shape index (κ3) is 3.49. The smallest absolute Gasteiger partial charge is 0.339 e. The van der Waals surface area contributed by atoms with Crippen LogP contribution in [0.15, 0.2) is 24.3 Å². The summed E-state index contributed by atoms with van der Waals surface area (Å²) in [4.78, 5) is 13.5. The lowest BCUT2D eigenvalue weighted by molar-refractivity contribution is 0.0601. The first-order chi connectivity index (χ1) is 8.20. The standard InChI is InChI=1S/C13H16N2O2/c1-15(10-6-5-9-14)12-8-4-3-7-11(12)13(16)17-2/h3-4,7-8H,5-6,10H2,1-2H3. The van der Waals surface area contributed by atoms with Crippen molar-refractivity contribution in [3.63, 3.8) is 0 Å². The highest BCUT2D eigenvalue weighted by atomic mass is 16.5. The molecule has 0 heterocycles. The number of rotatable bonds is 5. The number of benzene rings is 1. The molecule has 0 unspecified atom stereocenters. The predicted octanol–water partition coefficient (Wildman–Crippen LogP) is 2.21. The second-order valence-electron chi connectivity index (χ2n) is 3.69. The molecule has 0 amide bonds. The fraction of sp³-hybridized carbons (Fsp3) is 0.385. The monoisotopic (exact) mass is 232 g/mol. The minimum absolute atomic E-state index is 0.340. The molecule has 0 bridgehead atoms. The molecule has 0 radical (unpaired) electrons. The Morgan fingerprint density at radius 1 is 1.47 bits per heavy atom. The van der Waals surface area contributed by atoms with Gasteiger partial charge in [0.25, 0.3) is 0 Å². The molecule has 4 nitrogen and oxygen atoms in total. The molecule has 0 N–H and O–H groups in total.